The molecule has 3 aromatic carbocycles. The van der Waals surface area contributed by atoms with Crippen LogP contribution in [0.4, 0.5) is 0 Å². The van der Waals surface area contributed by atoms with E-state index in [9.17, 15) is 0 Å². The smallest absolute Gasteiger partial charge is 0.173 e. The topological polar surface area (TPSA) is 107 Å². The standard InChI is InChI=1S/C31H31N5O4/c32-29-26-30(34-20-33-26)36(21-35-29)31-28(39-18-24-14-8-3-9-15-24)27(38-17-23-12-6-2-7-13-23)25(40-31)19-37-16-22-10-4-1-5-11-22/h1-15,20-21,25,27-28,31-32H,16-19H2,(H,33,34)/t25-,27-,28+,31-/m1/s1. The van der Waals surface area contributed by atoms with Gasteiger partial charge < -0.3 is 23.9 Å². The first-order valence-electron chi connectivity index (χ1n) is 13.3. The third kappa shape index (κ3) is 5.88. The minimum Gasteiger partial charge on any atom is -0.374 e. The molecule has 204 valence electrons. The van der Waals surface area contributed by atoms with Crippen LogP contribution in [0.15, 0.2) is 104 Å². The number of aromatic amines is 1. The summed E-state index contributed by atoms with van der Waals surface area (Å²) in [6.45, 7) is 1.54. The lowest BCUT2D eigenvalue weighted by atomic mass is 10.1. The Morgan fingerprint density at radius 1 is 0.750 bits per heavy atom. The lowest BCUT2D eigenvalue weighted by Gasteiger charge is -2.26. The number of nitrogens with zero attached hydrogens (tertiary/aromatic N) is 3. The van der Waals surface area contributed by atoms with Crippen LogP contribution in [0.1, 0.15) is 22.9 Å². The molecule has 4 atom stereocenters. The van der Waals surface area contributed by atoms with Gasteiger partial charge >= 0.3 is 0 Å². The normalized spacial score (nSPS) is 20.7. The lowest BCUT2D eigenvalue weighted by Crippen LogP contribution is -2.38. The molecule has 1 fully saturated rings. The summed E-state index contributed by atoms with van der Waals surface area (Å²) in [5, 5.41) is 8.19. The molecule has 1 aliphatic heterocycles. The van der Waals surface area contributed by atoms with Gasteiger partial charge in [0.25, 0.3) is 0 Å². The van der Waals surface area contributed by atoms with Gasteiger partial charge in [-0.1, -0.05) is 91.0 Å². The van der Waals surface area contributed by atoms with E-state index in [0.717, 1.165) is 16.7 Å². The minimum atomic E-state index is -0.603. The molecule has 0 aliphatic carbocycles. The second-order valence-corrected chi connectivity index (χ2v) is 9.69. The number of hydrogen-bond acceptors (Lipinski definition) is 7. The van der Waals surface area contributed by atoms with E-state index < -0.39 is 24.5 Å². The van der Waals surface area contributed by atoms with Crippen LogP contribution in [-0.4, -0.2) is 44.4 Å². The number of aromatic nitrogens is 4. The van der Waals surface area contributed by atoms with Gasteiger partial charge in [-0.25, -0.2) is 9.97 Å². The van der Waals surface area contributed by atoms with E-state index in [0.29, 0.717) is 37.6 Å². The van der Waals surface area contributed by atoms with Crippen LogP contribution in [-0.2, 0) is 38.8 Å². The zero-order valence-corrected chi connectivity index (χ0v) is 21.9. The Bertz CT molecular complexity index is 1560. The van der Waals surface area contributed by atoms with E-state index in [-0.39, 0.29) is 5.49 Å². The number of benzene rings is 3. The van der Waals surface area contributed by atoms with Crippen molar-refractivity contribution in [1.29, 1.82) is 5.41 Å². The third-order valence-corrected chi connectivity index (χ3v) is 6.94. The first-order valence-corrected chi connectivity index (χ1v) is 13.3. The summed E-state index contributed by atoms with van der Waals surface area (Å²) in [4.78, 5) is 11.7. The number of nitrogens with one attached hydrogen (secondary N) is 2. The molecule has 0 saturated carbocycles. The molecule has 1 aliphatic rings. The second kappa shape index (κ2) is 12.4. The summed E-state index contributed by atoms with van der Waals surface area (Å²) < 4.78 is 27.7. The summed E-state index contributed by atoms with van der Waals surface area (Å²) in [5.41, 5.74) is 4.38. The highest BCUT2D eigenvalue weighted by atomic mass is 16.6. The Balaban J connectivity index is 1.30. The summed E-state index contributed by atoms with van der Waals surface area (Å²) in [5.74, 6) is 0. The Labute approximate surface area is 231 Å². The SMILES string of the molecule is N=c1ncn([C@@H]2O[C@H](COCc3ccccc3)[C@@H](OCc3ccccc3)[C@@H]2OCc2ccccc2)c2nc[nH]c12. The molecular weight excluding hydrogens is 506 g/mol. The van der Waals surface area contributed by atoms with Crippen molar-refractivity contribution in [2.24, 2.45) is 0 Å². The summed E-state index contributed by atoms with van der Waals surface area (Å²) in [6, 6.07) is 30.1. The molecule has 9 heteroatoms. The van der Waals surface area contributed by atoms with Crippen LogP contribution in [0.3, 0.4) is 0 Å². The predicted molar refractivity (Wildman–Crippen MR) is 148 cm³/mol. The number of imidazole rings is 1. The molecule has 0 amide bonds. The Kier molecular flexibility index (Phi) is 8.06. The van der Waals surface area contributed by atoms with E-state index in [1.807, 2.05) is 95.6 Å². The number of H-pyrrole nitrogens is 1. The third-order valence-electron chi connectivity index (χ3n) is 6.94. The average Bonchev–Trinajstić information content (AvgIpc) is 3.63. The van der Waals surface area contributed by atoms with Gasteiger partial charge in [0.05, 0.1) is 32.8 Å². The van der Waals surface area contributed by atoms with Crippen molar-refractivity contribution >= 4 is 11.2 Å². The molecule has 40 heavy (non-hydrogen) atoms. The molecule has 0 unspecified atom stereocenters. The molecule has 0 radical (unpaired) electrons. The van der Waals surface area contributed by atoms with Gasteiger partial charge in [0.2, 0.25) is 0 Å². The maximum Gasteiger partial charge on any atom is 0.173 e. The zero-order chi connectivity index (χ0) is 27.1. The van der Waals surface area contributed by atoms with Crippen LogP contribution >= 0.6 is 0 Å². The van der Waals surface area contributed by atoms with Gasteiger partial charge in [-0.3, -0.25) is 9.98 Å². The van der Waals surface area contributed by atoms with Gasteiger partial charge in [-0.2, -0.15) is 0 Å². The predicted octanol–water partition coefficient (Wildman–Crippen LogP) is 4.52. The number of ether oxygens (including phenoxy) is 4. The Morgan fingerprint density at radius 2 is 1.32 bits per heavy atom. The number of rotatable bonds is 11. The maximum absolute atomic E-state index is 8.19. The lowest BCUT2D eigenvalue weighted by molar-refractivity contribution is -0.0914. The van der Waals surface area contributed by atoms with E-state index >= 15 is 0 Å². The van der Waals surface area contributed by atoms with Crippen LogP contribution < -0.4 is 5.49 Å². The van der Waals surface area contributed by atoms with Gasteiger partial charge in [-0.05, 0) is 16.7 Å². The molecule has 0 bridgehead atoms. The molecule has 0 spiro atoms. The number of fused-ring (bicyclic) bond motifs is 1. The van der Waals surface area contributed by atoms with Gasteiger partial charge in [0, 0.05) is 0 Å². The zero-order valence-electron chi connectivity index (χ0n) is 21.9. The van der Waals surface area contributed by atoms with Crippen molar-refractivity contribution in [3.8, 4) is 0 Å². The summed E-state index contributed by atoms with van der Waals surface area (Å²) >= 11 is 0. The van der Waals surface area contributed by atoms with Crippen molar-refractivity contribution in [3.05, 3.63) is 126 Å². The highest BCUT2D eigenvalue weighted by Crippen LogP contribution is 2.36. The molecule has 2 N–H and O–H groups in total. The van der Waals surface area contributed by atoms with Gasteiger partial charge in [0.1, 0.15) is 30.2 Å². The number of hydrogen-bond donors (Lipinski definition) is 2. The highest BCUT2D eigenvalue weighted by Gasteiger charge is 2.48. The van der Waals surface area contributed by atoms with Crippen molar-refractivity contribution in [2.75, 3.05) is 6.61 Å². The van der Waals surface area contributed by atoms with Crippen LogP contribution in [0.5, 0.6) is 0 Å². The second-order valence-electron chi connectivity index (χ2n) is 9.69. The first-order chi connectivity index (χ1) is 19.8. The Hall–Kier alpha value is -4.15. The van der Waals surface area contributed by atoms with E-state index in [1.165, 1.54) is 0 Å². The highest BCUT2D eigenvalue weighted by molar-refractivity contribution is 5.68. The average molecular weight is 538 g/mol. The quantitative estimate of drug-likeness (QED) is 0.257. The van der Waals surface area contributed by atoms with Crippen LogP contribution in [0.2, 0.25) is 0 Å². The molecule has 1 saturated heterocycles. The molecule has 2 aromatic heterocycles. The fourth-order valence-electron chi connectivity index (χ4n) is 4.93. The molecule has 6 rings (SSSR count). The fourth-order valence-corrected chi connectivity index (χ4v) is 4.93. The Morgan fingerprint density at radius 3 is 1.95 bits per heavy atom. The summed E-state index contributed by atoms with van der Waals surface area (Å²) in [6.07, 6.45) is 1.17. The van der Waals surface area contributed by atoms with Crippen molar-refractivity contribution < 1.29 is 18.9 Å². The van der Waals surface area contributed by atoms with Crippen LogP contribution in [0, 0.1) is 5.41 Å². The van der Waals surface area contributed by atoms with E-state index in [1.54, 1.807) is 12.7 Å². The van der Waals surface area contributed by atoms with Crippen molar-refractivity contribution in [2.45, 2.75) is 44.4 Å². The molecule has 9 nitrogen and oxygen atoms in total. The monoisotopic (exact) mass is 537 g/mol. The molecule has 3 heterocycles. The van der Waals surface area contributed by atoms with E-state index in [4.69, 9.17) is 24.4 Å². The van der Waals surface area contributed by atoms with Crippen molar-refractivity contribution in [1.82, 2.24) is 19.5 Å². The maximum atomic E-state index is 8.19. The van der Waals surface area contributed by atoms with Gasteiger partial charge in [-0.15, -0.1) is 0 Å². The minimum absolute atomic E-state index is 0.114. The van der Waals surface area contributed by atoms with Crippen LogP contribution in [0.25, 0.3) is 11.2 Å². The first kappa shape index (κ1) is 26.1. The van der Waals surface area contributed by atoms with E-state index in [2.05, 4.69) is 15.0 Å². The fraction of sp³-hybridized carbons (Fsp3) is 0.258. The largest absolute Gasteiger partial charge is 0.374 e. The molecular formula is C31H31N5O4. The van der Waals surface area contributed by atoms with Gasteiger partial charge in [0.15, 0.2) is 17.4 Å². The summed E-state index contributed by atoms with van der Waals surface area (Å²) in [7, 11) is 0. The molecule has 5 aromatic rings. The van der Waals surface area contributed by atoms with Crippen molar-refractivity contribution in [3.63, 3.8) is 0 Å².